The van der Waals surface area contributed by atoms with Crippen LogP contribution in [-0.4, -0.2) is 23.4 Å². The fourth-order valence-electron chi connectivity index (χ4n) is 3.91. The lowest BCUT2D eigenvalue weighted by atomic mass is 9.88. The lowest BCUT2D eigenvalue weighted by Crippen LogP contribution is -2.40. The summed E-state index contributed by atoms with van der Waals surface area (Å²) in [7, 11) is 0. The molecule has 1 N–H and O–H groups in total. The summed E-state index contributed by atoms with van der Waals surface area (Å²) in [5, 5.41) is 3.24. The number of aryl methyl sites for hydroxylation is 1. The Morgan fingerprint density at radius 2 is 1.85 bits per heavy atom. The van der Waals surface area contributed by atoms with Gasteiger partial charge in [-0.05, 0) is 60.9 Å². The maximum Gasteiger partial charge on any atom is 0.234 e. The molecule has 2 aromatic rings. The minimum Gasteiger partial charge on any atom is -0.348 e. The Balaban J connectivity index is 1.39. The van der Waals surface area contributed by atoms with E-state index in [1.807, 2.05) is 6.07 Å². The van der Waals surface area contributed by atoms with E-state index in [0.29, 0.717) is 19.1 Å². The highest BCUT2D eigenvalue weighted by molar-refractivity contribution is 5.78. The zero-order chi connectivity index (χ0) is 17.9. The second kappa shape index (κ2) is 7.58. The SMILES string of the molecule is O=C(CN(Cc1ccc(F)cc1)C1CC1)N[C@@H]1CCCc2ccccc21. The fourth-order valence-corrected chi connectivity index (χ4v) is 3.91. The fraction of sp³-hybridized carbons (Fsp3) is 0.409. The lowest BCUT2D eigenvalue weighted by Gasteiger charge is -2.28. The van der Waals surface area contributed by atoms with Crippen LogP contribution in [0.15, 0.2) is 48.5 Å². The number of fused-ring (bicyclic) bond motifs is 1. The predicted octanol–water partition coefficient (Wildman–Crippen LogP) is 3.98. The summed E-state index contributed by atoms with van der Waals surface area (Å²) in [4.78, 5) is 14.9. The Bertz CT molecular complexity index is 770. The summed E-state index contributed by atoms with van der Waals surface area (Å²) >= 11 is 0. The molecule has 3 nitrogen and oxygen atoms in total. The van der Waals surface area contributed by atoms with Gasteiger partial charge in [-0.2, -0.15) is 0 Å². The monoisotopic (exact) mass is 352 g/mol. The number of nitrogens with zero attached hydrogens (tertiary/aromatic N) is 1. The third-order valence-corrected chi connectivity index (χ3v) is 5.41. The molecule has 1 fully saturated rings. The predicted molar refractivity (Wildman–Crippen MR) is 100 cm³/mol. The van der Waals surface area contributed by atoms with Crippen molar-refractivity contribution in [3.63, 3.8) is 0 Å². The molecule has 1 saturated carbocycles. The van der Waals surface area contributed by atoms with Crippen LogP contribution in [0.4, 0.5) is 4.39 Å². The Kier molecular flexibility index (Phi) is 5.02. The summed E-state index contributed by atoms with van der Waals surface area (Å²) in [5.41, 5.74) is 3.67. The maximum atomic E-state index is 13.1. The number of halogens is 1. The molecular formula is C22H25FN2O. The zero-order valence-electron chi connectivity index (χ0n) is 15.0. The van der Waals surface area contributed by atoms with Crippen molar-refractivity contribution in [2.75, 3.05) is 6.54 Å². The molecule has 0 heterocycles. The molecule has 0 unspecified atom stereocenters. The van der Waals surface area contributed by atoms with Gasteiger partial charge in [-0.3, -0.25) is 9.69 Å². The van der Waals surface area contributed by atoms with Crippen LogP contribution in [-0.2, 0) is 17.8 Å². The molecule has 2 aromatic carbocycles. The summed E-state index contributed by atoms with van der Waals surface area (Å²) in [5.74, 6) is -0.138. The second-order valence-electron chi connectivity index (χ2n) is 7.47. The molecular weight excluding hydrogens is 327 g/mol. The van der Waals surface area contributed by atoms with Crippen LogP contribution in [0.5, 0.6) is 0 Å². The molecule has 136 valence electrons. The highest BCUT2D eigenvalue weighted by Gasteiger charge is 2.31. The molecule has 0 saturated heterocycles. The van der Waals surface area contributed by atoms with E-state index in [9.17, 15) is 9.18 Å². The van der Waals surface area contributed by atoms with Crippen molar-refractivity contribution in [3.05, 3.63) is 71.0 Å². The summed E-state index contributed by atoms with van der Waals surface area (Å²) in [6.07, 6.45) is 5.50. The van der Waals surface area contributed by atoms with E-state index < -0.39 is 0 Å². The Labute approximate surface area is 154 Å². The highest BCUT2D eigenvalue weighted by Crippen LogP contribution is 2.30. The topological polar surface area (TPSA) is 32.3 Å². The van der Waals surface area contributed by atoms with Gasteiger partial charge in [0.2, 0.25) is 5.91 Å². The van der Waals surface area contributed by atoms with Crippen molar-refractivity contribution in [2.24, 2.45) is 0 Å². The van der Waals surface area contributed by atoms with E-state index >= 15 is 0 Å². The third-order valence-electron chi connectivity index (χ3n) is 5.41. The smallest absolute Gasteiger partial charge is 0.234 e. The van der Waals surface area contributed by atoms with Crippen LogP contribution >= 0.6 is 0 Å². The van der Waals surface area contributed by atoms with Gasteiger partial charge in [-0.1, -0.05) is 36.4 Å². The average molecular weight is 352 g/mol. The Morgan fingerprint density at radius 3 is 2.62 bits per heavy atom. The maximum absolute atomic E-state index is 13.1. The minimum absolute atomic E-state index is 0.0840. The molecule has 26 heavy (non-hydrogen) atoms. The molecule has 0 spiro atoms. The normalized spacial score (nSPS) is 19.2. The number of rotatable bonds is 6. The van der Waals surface area contributed by atoms with Crippen molar-refractivity contribution < 1.29 is 9.18 Å². The van der Waals surface area contributed by atoms with Crippen LogP contribution in [0.25, 0.3) is 0 Å². The first-order valence-electron chi connectivity index (χ1n) is 9.55. The number of amides is 1. The number of nitrogens with one attached hydrogen (secondary N) is 1. The van der Waals surface area contributed by atoms with Gasteiger partial charge in [0.05, 0.1) is 12.6 Å². The van der Waals surface area contributed by atoms with Crippen LogP contribution in [0.2, 0.25) is 0 Å². The van der Waals surface area contributed by atoms with E-state index in [2.05, 4.69) is 28.4 Å². The van der Waals surface area contributed by atoms with Crippen molar-refractivity contribution in [2.45, 2.75) is 50.7 Å². The summed E-state index contributed by atoms with van der Waals surface area (Å²) in [6.45, 7) is 1.10. The Morgan fingerprint density at radius 1 is 1.08 bits per heavy atom. The van der Waals surface area contributed by atoms with E-state index in [0.717, 1.165) is 37.7 Å². The number of carbonyl (C=O) groups is 1. The Hall–Kier alpha value is -2.20. The van der Waals surface area contributed by atoms with Gasteiger partial charge in [0.25, 0.3) is 0 Å². The first-order chi connectivity index (χ1) is 12.7. The molecule has 2 aliphatic carbocycles. The molecule has 0 bridgehead atoms. The van der Waals surface area contributed by atoms with Gasteiger partial charge >= 0.3 is 0 Å². The van der Waals surface area contributed by atoms with E-state index in [1.54, 1.807) is 12.1 Å². The number of carbonyl (C=O) groups excluding carboxylic acids is 1. The van der Waals surface area contributed by atoms with Crippen molar-refractivity contribution in [1.29, 1.82) is 0 Å². The molecule has 4 rings (SSSR count). The minimum atomic E-state index is -0.222. The van der Waals surface area contributed by atoms with Gasteiger partial charge in [-0.25, -0.2) is 4.39 Å². The van der Waals surface area contributed by atoms with E-state index in [-0.39, 0.29) is 17.8 Å². The summed E-state index contributed by atoms with van der Waals surface area (Å²) < 4.78 is 13.1. The number of hydrogen-bond acceptors (Lipinski definition) is 2. The van der Waals surface area contributed by atoms with Crippen LogP contribution in [0.3, 0.4) is 0 Å². The van der Waals surface area contributed by atoms with Crippen LogP contribution in [0.1, 0.15) is 48.4 Å². The molecule has 2 aliphatic rings. The summed E-state index contributed by atoms with van der Waals surface area (Å²) in [6, 6.07) is 15.6. The van der Waals surface area contributed by atoms with Gasteiger partial charge < -0.3 is 5.32 Å². The van der Waals surface area contributed by atoms with Crippen LogP contribution < -0.4 is 5.32 Å². The van der Waals surface area contributed by atoms with E-state index in [1.165, 1.54) is 23.3 Å². The zero-order valence-corrected chi connectivity index (χ0v) is 15.0. The van der Waals surface area contributed by atoms with Gasteiger partial charge in [0, 0.05) is 12.6 Å². The molecule has 1 atom stereocenters. The average Bonchev–Trinajstić information content (AvgIpc) is 3.48. The standard InChI is InChI=1S/C22H25FN2O/c23-18-10-8-16(9-11-18)14-25(19-12-13-19)15-22(26)24-21-7-3-5-17-4-1-2-6-20(17)21/h1-2,4,6,8-11,19,21H,3,5,7,12-15H2,(H,24,26)/t21-/m1/s1. The molecule has 0 aliphatic heterocycles. The van der Waals surface area contributed by atoms with Gasteiger partial charge in [-0.15, -0.1) is 0 Å². The lowest BCUT2D eigenvalue weighted by molar-refractivity contribution is -0.123. The second-order valence-corrected chi connectivity index (χ2v) is 7.47. The molecule has 1 amide bonds. The van der Waals surface area contributed by atoms with Crippen LogP contribution in [0, 0.1) is 5.82 Å². The number of hydrogen-bond donors (Lipinski definition) is 1. The largest absolute Gasteiger partial charge is 0.348 e. The molecule has 0 aromatic heterocycles. The quantitative estimate of drug-likeness (QED) is 0.853. The van der Waals surface area contributed by atoms with E-state index in [4.69, 9.17) is 0 Å². The number of benzene rings is 2. The molecule has 0 radical (unpaired) electrons. The van der Waals surface area contributed by atoms with Gasteiger partial charge in [0.15, 0.2) is 0 Å². The van der Waals surface area contributed by atoms with Crippen molar-refractivity contribution >= 4 is 5.91 Å². The molecule has 4 heteroatoms. The highest BCUT2D eigenvalue weighted by atomic mass is 19.1. The van der Waals surface area contributed by atoms with Gasteiger partial charge in [0.1, 0.15) is 5.82 Å². The first-order valence-corrected chi connectivity index (χ1v) is 9.55. The van der Waals surface area contributed by atoms with Crippen molar-refractivity contribution in [3.8, 4) is 0 Å². The van der Waals surface area contributed by atoms with Crippen molar-refractivity contribution in [1.82, 2.24) is 10.2 Å². The first kappa shape index (κ1) is 17.2. The third kappa shape index (κ3) is 4.13.